The lowest BCUT2D eigenvalue weighted by molar-refractivity contribution is -0.660. The average Bonchev–Trinajstić information content (AvgIpc) is 3.39. The van der Waals surface area contributed by atoms with Gasteiger partial charge in [-0.1, -0.05) is 69.3 Å². The molecule has 6 rings (SSSR count). The topological polar surface area (TPSA) is 3.88 Å². The Bertz CT molecular complexity index is 1520. The SMILES string of the molecule is [2H]C([2H])(c1cc[n+](C)c(-c2c(C)c3c(c4c2-c2ccccc2C4)Cc2ccccc2-3)c1)C(C)(C)C. The second-order valence-corrected chi connectivity index (χ2v) is 10.7. The van der Waals surface area contributed by atoms with Gasteiger partial charge in [0.1, 0.15) is 7.05 Å². The van der Waals surface area contributed by atoms with Crippen molar-refractivity contribution in [3.8, 4) is 33.5 Å². The van der Waals surface area contributed by atoms with Crippen LogP contribution >= 0.6 is 0 Å². The van der Waals surface area contributed by atoms with Crippen LogP contribution in [0.4, 0.5) is 0 Å². The highest BCUT2D eigenvalue weighted by atomic mass is 14.9. The molecule has 0 aliphatic heterocycles. The molecule has 1 heterocycles. The number of benzene rings is 3. The first-order valence-corrected chi connectivity index (χ1v) is 11.9. The molecule has 1 heteroatoms. The summed E-state index contributed by atoms with van der Waals surface area (Å²) < 4.78 is 20.1. The highest BCUT2D eigenvalue weighted by molar-refractivity contribution is 5.98. The zero-order chi connectivity index (χ0) is 24.7. The molecule has 0 saturated heterocycles. The van der Waals surface area contributed by atoms with Crippen molar-refractivity contribution in [3.63, 3.8) is 0 Å². The average molecular weight is 433 g/mol. The summed E-state index contributed by atoms with van der Waals surface area (Å²) in [5.41, 5.74) is 15.0. The van der Waals surface area contributed by atoms with Gasteiger partial charge in [-0.05, 0) is 87.2 Å². The standard InChI is InChI=1S/C32H32N/c1-20-29-24-12-8-6-10-22(24)17-26(29)27-18-23-11-7-9-13-25(23)31(27)30(20)28-16-21(14-15-33(28)5)19-32(2,3)4/h6-16H,17-19H2,1-5H3/q+1/i19D2. The van der Waals surface area contributed by atoms with Gasteiger partial charge in [-0.15, -0.1) is 0 Å². The van der Waals surface area contributed by atoms with E-state index < -0.39 is 11.8 Å². The molecule has 0 bridgehead atoms. The van der Waals surface area contributed by atoms with Crippen LogP contribution in [0.3, 0.4) is 0 Å². The maximum absolute atomic E-state index is 8.95. The van der Waals surface area contributed by atoms with Crippen molar-refractivity contribution < 1.29 is 7.31 Å². The smallest absolute Gasteiger partial charge is 0.201 e. The number of fused-ring (bicyclic) bond motifs is 7. The largest absolute Gasteiger partial charge is 0.213 e. The Labute approximate surface area is 200 Å². The van der Waals surface area contributed by atoms with E-state index in [1.165, 1.54) is 55.6 Å². The first-order valence-electron chi connectivity index (χ1n) is 12.9. The van der Waals surface area contributed by atoms with Gasteiger partial charge in [-0.2, -0.15) is 0 Å². The van der Waals surface area contributed by atoms with Crippen molar-refractivity contribution in [3.05, 3.63) is 100 Å². The number of rotatable bonds is 2. The van der Waals surface area contributed by atoms with E-state index in [0.717, 1.165) is 24.1 Å². The van der Waals surface area contributed by atoms with Gasteiger partial charge in [0.15, 0.2) is 6.20 Å². The summed E-state index contributed by atoms with van der Waals surface area (Å²) in [4.78, 5) is 0. The van der Waals surface area contributed by atoms with Crippen molar-refractivity contribution in [1.29, 1.82) is 0 Å². The van der Waals surface area contributed by atoms with Crippen LogP contribution in [-0.4, -0.2) is 0 Å². The molecule has 0 saturated carbocycles. The van der Waals surface area contributed by atoms with Gasteiger partial charge < -0.3 is 0 Å². The number of nitrogens with zero attached hydrogens (tertiary/aromatic N) is 1. The van der Waals surface area contributed by atoms with Gasteiger partial charge in [-0.3, -0.25) is 0 Å². The summed E-state index contributed by atoms with van der Waals surface area (Å²) in [6.45, 7) is 8.20. The molecule has 0 radical (unpaired) electrons. The fourth-order valence-corrected chi connectivity index (χ4v) is 5.91. The third-order valence-electron chi connectivity index (χ3n) is 7.20. The van der Waals surface area contributed by atoms with Crippen molar-refractivity contribution in [2.24, 2.45) is 12.5 Å². The number of aryl methyl sites for hydroxylation is 1. The molecule has 1 nitrogen and oxygen atoms in total. The van der Waals surface area contributed by atoms with Crippen molar-refractivity contribution >= 4 is 0 Å². The van der Waals surface area contributed by atoms with Crippen LogP contribution in [0.2, 0.25) is 0 Å². The van der Waals surface area contributed by atoms with E-state index in [4.69, 9.17) is 2.74 Å². The molecule has 2 aliphatic carbocycles. The van der Waals surface area contributed by atoms with E-state index >= 15 is 0 Å². The first kappa shape index (κ1) is 18.3. The molecular formula is C32H32N+. The van der Waals surface area contributed by atoms with Crippen LogP contribution in [0.15, 0.2) is 66.9 Å². The molecule has 164 valence electrons. The van der Waals surface area contributed by atoms with Gasteiger partial charge in [0.05, 0.1) is 5.56 Å². The second kappa shape index (κ2) is 7.15. The van der Waals surface area contributed by atoms with Crippen LogP contribution in [-0.2, 0) is 26.3 Å². The maximum Gasteiger partial charge on any atom is 0.213 e. The van der Waals surface area contributed by atoms with E-state index in [1.807, 2.05) is 33.0 Å². The molecule has 4 aromatic rings. The number of aromatic nitrogens is 1. The molecule has 0 spiro atoms. The third kappa shape index (κ3) is 3.17. The van der Waals surface area contributed by atoms with Crippen LogP contribution in [0.1, 0.15) is 56.9 Å². The predicted molar refractivity (Wildman–Crippen MR) is 137 cm³/mol. The first-order chi connectivity index (χ1) is 16.6. The van der Waals surface area contributed by atoms with E-state index in [2.05, 4.69) is 73.1 Å². The fourth-order valence-electron chi connectivity index (χ4n) is 5.91. The van der Waals surface area contributed by atoms with Gasteiger partial charge >= 0.3 is 0 Å². The summed E-state index contributed by atoms with van der Waals surface area (Å²) in [7, 11) is 2.08. The Morgan fingerprint density at radius 3 is 2.03 bits per heavy atom. The monoisotopic (exact) mass is 432 g/mol. The van der Waals surface area contributed by atoms with Crippen LogP contribution in [0.25, 0.3) is 33.5 Å². The number of hydrogen-bond acceptors (Lipinski definition) is 0. The van der Waals surface area contributed by atoms with Gasteiger partial charge in [0.25, 0.3) is 0 Å². The molecule has 1 aromatic heterocycles. The molecule has 3 aromatic carbocycles. The van der Waals surface area contributed by atoms with Crippen molar-refractivity contribution in [2.75, 3.05) is 0 Å². The molecule has 0 fully saturated rings. The summed E-state index contributed by atoms with van der Waals surface area (Å²) in [5.74, 6) is 0. The fraction of sp³-hybridized carbons (Fsp3) is 0.281. The molecule has 0 N–H and O–H groups in total. The summed E-state index contributed by atoms with van der Waals surface area (Å²) in [6.07, 6.45) is 2.53. The molecule has 2 aliphatic rings. The highest BCUT2D eigenvalue weighted by Crippen LogP contribution is 2.52. The Balaban J connectivity index is 1.70. The lowest BCUT2D eigenvalue weighted by Crippen LogP contribution is -2.31. The lowest BCUT2D eigenvalue weighted by Gasteiger charge is -2.20. The van der Waals surface area contributed by atoms with Gasteiger partial charge in [0, 0.05) is 14.9 Å². The Morgan fingerprint density at radius 1 is 0.818 bits per heavy atom. The minimum absolute atomic E-state index is 0.509. The van der Waals surface area contributed by atoms with E-state index in [1.54, 1.807) is 0 Å². The molecule has 0 amide bonds. The van der Waals surface area contributed by atoms with Crippen molar-refractivity contribution in [2.45, 2.75) is 46.9 Å². The molecule has 0 unspecified atom stereocenters. The minimum atomic E-state index is -1.45. The summed E-state index contributed by atoms with van der Waals surface area (Å²) in [5, 5.41) is 0. The normalized spacial score (nSPS) is 14.8. The molecule has 33 heavy (non-hydrogen) atoms. The summed E-state index contributed by atoms with van der Waals surface area (Å²) in [6, 6.07) is 21.7. The summed E-state index contributed by atoms with van der Waals surface area (Å²) >= 11 is 0. The Kier molecular flexibility index (Phi) is 3.96. The molecule has 0 atom stereocenters. The van der Waals surface area contributed by atoms with Gasteiger partial charge in [-0.25, -0.2) is 4.57 Å². The third-order valence-corrected chi connectivity index (χ3v) is 7.20. The van der Waals surface area contributed by atoms with Crippen LogP contribution in [0.5, 0.6) is 0 Å². The molecular weight excluding hydrogens is 398 g/mol. The van der Waals surface area contributed by atoms with E-state index in [9.17, 15) is 0 Å². The van der Waals surface area contributed by atoms with E-state index in [0.29, 0.717) is 0 Å². The van der Waals surface area contributed by atoms with Crippen molar-refractivity contribution in [1.82, 2.24) is 0 Å². The van der Waals surface area contributed by atoms with E-state index in [-0.39, 0.29) is 0 Å². The Morgan fingerprint density at radius 2 is 1.39 bits per heavy atom. The number of hydrogen-bond donors (Lipinski definition) is 0. The van der Waals surface area contributed by atoms with Crippen LogP contribution < -0.4 is 4.57 Å². The quantitative estimate of drug-likeness (QED) is 0.254. The minimum Gasteiger partial charge on any atom is -0.201 e. The zero-order valence-electron chi connectivity index (χ0n) is 22.2. The second-order valence-electron chi connectivity index (χ2n) is 10.7. The maximum atomic E-state index is 8.95. The van der Waals surface area contributed by atoms with Crippen LogP contribution in [0, 0.1) is 12.3 Å². The van der Waals surface area contributed by atoms with Gasteiger partial charge in [0.2, 0.25) is 5.69 Å². The lowest BCUT2D eigenvalue weighted by atomic mass is 9.84. The highest BCUT2D eigenvalue weighted by Gasteiger charge is 2.35. The number of pyridine rings is 1. The Hall–Kier alpha value is -3.19. The zero-order valence-corrected chi connectivity index (χ0v) is 20.2. The predicted octanol–water partition coefficient (Wildman–Crippen LogP) is 7.22.